The quantitative estimate of drug-likeness (QED) is 0.717. The Hall–Kier alpha value is -1.05. The number of anilines is 1. The van der Waals surface area contributed by atoms with Crippen molar-refractivity contribution < 1.29 is 0 Å². The van der Waals surface area contributed by atoms with Crippen molar-refractivity contribution >= 4 is 5.82 Å². The number of hydrogen-bond donors (Lipinski definition) is 1. The van der Waals surface area contributed by atoms with Gasteiger partial charge in [-0.3, -0.25) is 0 Å². The summed E-state index contributed by atoms with van der Waals surface area (Å²) in [6.07, 6.45) is 0.970. The number of rotatable bonds is 1. The Kier molecular flexibility index (Phi) is 2.60. The predicted molar refractivity (Wildman–Crippen MR) is 56.5 cm³/mol. The molecule has 72 valence electrons. The van der Waals surface area contributed by atoms with Gasteiger partial charge >= 0.3 is 0 Å². The summed E-state index contributed by atoms with van der Waals surface area (Å²) in [5.74, 6) is 0.654. The molecule has 0 saturated carbocycles. The van der Waals surface area contributed by atoms with Crippen molar-refractivity contribution in [3.63, 3.8) is 0 Å². The van der Waals surface area contributed by atoms with Gasteiger partial charge in [-0.25, -0.2) is 4.98 Å². The van der Waals surface area contributed by atoms with E-state index in [9.17, 15) is 0 Å². The van der Waals surface area contributed by atoms with E-state index in [1.807, 2.05) is 13.0 Å². The lowest BCUT2D eigenvalue weighted by atomic mass is 9.90. The van der Waals surface area contributed by atoms with Gasteiger partial charge in [0.05, 0.1) is 0 Å². The maximum Gasteiger partial charge on any atom is 0.126 e. The molecule has 2 heteroatoms. The van der Waals surface area contributed by atoms with Gasteiger partial charge in [0.1, 0.15) is 5.82 Å². The van der Waals surface area contributed by atoms with E-state index in [4.69, 9.17) is 5.73 Å². The molecule has 1 heterocycles. The van der Waals surface area contributed by atoms with Crippen molar-refractivity contribution in [3.05, 3.63) is 23.4 Å². The molecule has 0 aliphatic carbocycles. The Morgan fingerprint density at radius 3 is 2.38 bits per heavy atom. The third-order valence-corrected chi connectivity index (χ3v) is 1.91. The van der Waals surface area contributed by atoms with Crippen LogP contribution in [0, 0.1) is 12.3 Å². The van der Waals surface area contributed by atoms with E-state index < -0.39 is 0 Å². The van der Waals surface area contributed by atoms with Crippen LogP contribution < -0.4 is 5.73 Å². The van der Waals surface area contributed by atoms with Crippen molar-refractivity contribution in [2.45, 2.75) is 34.1 Å². The average Bonchev–Trinajstić information content (AvgIpc) is 1.94. The smallest absolute Gasteiger partial charge is 0.126 e. The molecule has 2 nitrogen and oxygen atoms in total. The van der Waals surface area contributed by atoms with E-state index in [1.54, 1.807) is 0 Å². The molecule has 0 atom stereocenters. The highest BCUT2D eigenvalue weighted by atomic mass is 14.8. The molecule has 0 aliphatic heterocycles. The van der Waals surface area contributed by atoms with Gasteiger partial charge in [0.2, 0.25) is 0 Å². The van der Waals surface area contributed by atoms with Gasteiger partial charge in [0, 0.05) is 5.69 Å². The van der Waals surface area contributed by atoms with Crippen LogP contribution in [0.2, 0.25) is 0 Å². The zero-order chi connectivity index (χ0) is 10.1. The highest BCUT2D eigenvalue weighted by Crippen LogP contribution is 2.20. The lowest BCUT2D eigenvalue weighted by molar-refractivity contribution is 0.406. The number of pyridine rings is 1. The lowest BCUT2D eigenvalue weighted by Crippen LogP contribution is -2.11. The van der Waals surface area contributed by atoms with Crippen molar-refractivity contribution in [1.29, 1.82) is 0 Å². The number of hydrogen-bond acceptors (Lipinski definition) is 2. The van der Waals surface area contributed by atoms with Crippen molar-refractivity contribution in [2.75, 3.05) is 5.73 Å². The fourth-order valence-electron chi connectivity index (χ4n) is 1.23. The van der Waals surface area contributed by atoms with Crippen molar-refractivity contribution in [3.8, 4) is 0 Å². The molecule has 0 unspecified atom stereocenters. The van der Waals surface area contributed by atoms with Crippen LogP contribution >= 0.6 is 0 Å². The Balaban J connectivity index is 2.86. The predicted octanol–water partition coefficient (Wildman–Crippen LogP) is 2.56. The van der Waals surface area contributed by atoms with Crippen LogP contribution in [0.5, 0.6) is 0 Å². The van der Waals surface area contributed by atoms with E-state index in [0.29, 0.717) is 5.82 Å². The molecular formula is C11H18N2. The summed E-state index contributed by atoms with van der Waals surface area (Å²) in [5, 5.41) is 0. The van der Waals surface area contributed by atoms with Crippen LogP contribution in [0.4, 0.5) is 5.82 Å². The summed E-state index contributed by atoms with van der Waals surface area (Å²) in [6.45, 7) is 8.57. The second-order valence-electron chi connectivity index (χ2n) is 4.74. The molecule has 1 aromatic heterocycles. The average molecular weight is 178 g/mol. The Bertz CT molecular complexity index is 297. The molecule has 0 radical (unpaired) electrons. The van der Waals surface area contributed by atoms with Gasteiger partial charge in [-0.15, -0.1) is 0 Å². The molecular weight excluding hydrogens is 160 g/mol. The normalized spacial score (nSPS) is 11.7. The van der Waals surface area contributed by atoms with Gasteiger partial charge in [-0.2, -0.15) is 0 Å². The summed E-state index contributed by atoms with van der Waals surface area (Å²) in [6, 6.07) is 4.08. The second-order valence-corrected chi connectivity index (χ2v) is 4.74. The molecule has 13 heavy (non-hydrogen) atoms. The van der Waals surface area contributed by atoms with Crippen LogP contribution in [0.1, 0.15) is 32.0 Å². The zero-order valence-electron chi connectivity index (χ0n) is 8.89. The molecule has 0 saturated heterocycles. The van der Waals surface area contributed by atoms with Gasteiger partial charge < -0.3 is 5.73 Å². The Morgan fingerprint density at radius 2 is 1.92 bits per heavy atom. The topological polar surface area (TPSA) is 38.9 Å². The molecule has 0 amide bonds. The van der Waals surface area contributed by atoms with E-state index in [0.717, 1.165) is 17.7 Å². The fourth-order valence-corrected chi connectivity index (χ4v) is 1.23. The lowest BCUT2D eigenvalue weighted by Gasteiger charge is -2.17. The number of nitrogens with zero attached hydrogens (tertiary/aromatic N) is 1. The molecule has 0 bridgehead atoms. The second kappa shape index (κ2) is 3.36. The largest absolute Gasteiger partial charge is 0.383 e. The molecule has 0 spiro atoms. The summed E-state index contributed by atoms with van der Waals surface area (Å²) in [4.78, 5) is 4.34. The van der Waals surface area contributed by atoms with E-state index in [1.165, 1.54) is 0 Å². The molecule has 1 rings (SSSR count). The van der Waals surface area contributed by atoms with Crippen LogP contribution in [-0.2, 0) is 6.42 Å². The maximum atomic E-state index is 5.73. The summed E-state index contributed by atoms with van der Waals surface area (Å²) in [5.41, 5.74) is 8.13. The number of aryl methyl sites for hydroxylation is 1. The number of aromatic nitrogens is 1. The Morgan fingerprint density at radius 1 is 1.31 bits per heavy atom. The van der Waals surface area contributed by atoms with Crippen LogP contribution in [0.25, 0.3) is 0 Å². The molecule has 2 N–H and O–H groups in total. The van der Waals surface area contributed by atoms with Crippen LogP contribution in [0.3, 0.4) is 0 Å². The minimum atomic E-state index is 0.273. The van der Waals surface area contributed by atoms with Gasteiger partial charge in [-0.05, 0) is 30.4 Å². The van der Waals surface area contributed by atoms with Crippen molar-refractivity contribution in [2.24, 2.45) is 5.41 Å². The first-order valence-electron chi connectivity index (χ1n) is 4.60. The van der Waals surface area contributed by atoms with E-state index in [2.05, 4.69) is 31.8 Å². The van der Waals surface area contributed by atoms with Gasteiger partial charge in [-0.1, -0.05) is 26.8 Å². The Labute approximate surface area is 80.2 Å². The van der Waals surface area contributed by atoms with Crippen molar-refractivity contribution in [1.82, 2.24) is 4.98 Å². The standard InChI is InChI=1S/C11H18N2/c1-8-5-6-9(13-10(8)12)7-11(2,3)4/h5-6H,7H2,1-4H3,(H2,12,13). The minimum Gasteiger partial charge on any atom is -0.383 e. The highest BCUT2D eigenvalue weighted by Gasteiger charge is 2.12. The highest BCUT2D eigenvalue weighted by molar-refractivity contribution is 5.39. The monoisotopic (exact) mass is 178 g/mol. The minimum absolute atomic E-state index is 0.273. The van der Waals surface area contributed by atoms with E-state index in [-0.39, 0.29) is 5.41 Å². The zero-order valence-corrected chi connectivity index (χ0v) is 8.89. The molecule has 0 aliphatic rings. The fraction of sp³-hybridized carbons (Fsp3) is 0.545. The molecule has 1 aromatic rings. The summed E-state index contributed by atoms with van der Waals surface area (Å²) in [7, 11) is 0. The number of nitrogens with two attached hydrogens (primary N) is 1. The maximum absolute atomic E-state index is 5.73. The van der Waals surface area contributed by atoms with Crippen LogP contribution in [-0.4, -0.2) is 4.98 Å². The van der Waals surface area contributed by atoms with Gasteiger partial charge in [0.25, 0.3) is 0 Å². The third-order valence-electron chi connectivity index (χ3n) is 1.91. The first-order valence-corrected chi connectivity index (χ1v) is 4.60. The van der Waals surface area contributed by atoms with Gasteiger partial charge in [0.15, 0.2) is 0 Å². The first kappa shape index (κ1) is 10.0. The first-order chi connectivity index (χ1) is 5.88. The number of nitrogen functional groups attached to an aromatic ring is 1. The molecule has 0 aromatic carbocycles. The van der Waals surface area contributed by atoms with E-state index >= 15 is 0 Å². The summed E-state index contributed by atoms with van der Waals surface area (Å²) < 4.78 is 0. The SMILES string of the molecule is Cc1ccc(CC(C)(C)C)nc1N. The van der Waals surface area contributed by atoms with Crippen LogP contribution in [0.15, 0.2) is 12.1 Å². The molecule has 0 fully saturated rings. The third kappa shape index (κ3) is 3.05. The summed E-state index contributed by atoms with van der Waals surface area (Å²) >= 11 is 0.